The number of ether oxygens (including phenoxy) is 2. The fraction of sp³-hybridized carbons (Fsp3) is 0.318. The first kappa shape index (κ1) is 20.3. The molecule has 6 heteroatoms. The summed E-state index contributed by atoms with van der Waals surface area (Å²) in [4.78, 5) is 39.5. The molecule has 2 aromatic carbocycles. The Bertz CT molecular complexity index is 904. The van der Waals surface area contributed by atoms with Gasteiger partial charge in [0.1, 0.15) is 6.10 Å². The number of ketones is 1. The largest absolute Gasteiger partial charge is 0.468 e. The van der Waals surface area contributed by atoms with Crippen molar-refractivity contribution in [2.75, 3.05) is 7.11 Å². The van der Waals surface area contributed by atoms with E-state index in [0.717, 1.165) is 4.47 Å². The fourth-order valence-corrected chi connectivity index (χ4v) is 3.98. The molecule has 146 valence electrons. The minimum Gasteiger partial charge on any atom is -0.468 e. The Kier molecular flexibility index (Phi) is 5.44. The summed E-state index contributed by atoms with van der Waals surface area (Å²) < 4.78 is 11.5. The average molecular weight is 445 g/mol. The highest BCUT2D eigenvalue weighted by atomic mass is 79.9. The van der Waals surface area contributed by atoms with Crippen LogP contribution < -0.4 is 0 Å². The molecule has 28 heavy (non-hydrogen) atoms. The van der Waals surface area contributed by atoms with E-state index in [4.69, 9.17) is 9.47 Å². The van der Waals surface area contributed by atoms with Crippen molar-refractivity contribution in [1.82, 2.24) is 0 Å². The molecule has 0 spiro atoms. The van der Waals surface area contributed by atoms with Crippen LogP contribution >= 0.6 is 15.9 Å². The van der Waals surface area contributed by atoms with Crippen LogP contribution in [0.25, 0.3) is 0 Å². The summed E-state index contributed by atoms with van der Waals surface area (Å²) in [5.41, 5.74) is -1.78. The van der Waals surface area contributed by atoms with Crippen LogP contribution in [0.15, 0.2) is 59.1 Å². The molecule has 0 aromatic heterocycles. The predicted molar refractivity (Wildman–Crippen MR) is 106 cm³/mol. The third kappa shape index (κ3) is 3.26. The predicted octanol–water partition coefficient (Wildman–Crippen LogP) is 4.04. The van der Waals surface area contributed by atoms with E-state index in [1.807, 2.05) is 18.2 Å². The minimum atomic E-state index is -2.02. The zero-order valence-corrected chi connectivity index (χ0v) is 17.5. The van der Waals surface area contributed by atoms with E-state index in [1.54, 1.807) is 50.2 Å². The molecule has 1 saturated heterocycles. The fourth-order valence-electron chi connectivity index (χ4n) is 3.72. The first-order valence-electron chi connectivity index (χ1n) is 8.87. The second kappa shape index (κ2) is 7.51. The number of hydrogen-bond acceptors (Lipinski definition) is 5. The Morgan fingerprint density at radius 3 is 2.25 bits per heavy atom. The molecule has 0 unspecified atom stereocenters. The second-order valence-electron chi connectivity index (χ2n) is 7.45. The highest BCUT2D eigenvalue weighted by molar-refractivity contribution is 9.10. The van der Waals surface area contributed by atoms with E-state index in [9.17, 15) is 14.4 Å². The highest BCUT2D eigenvalue weighted by Gasteiger charge is 2.65. The van der Waals surface area contributed by atoms with Gasteiger partial charge < -0.3 is 9.47 Å². The molecule has 0 amide bonds. The zero-order valence-electron chi connectivity index (χ0n) is 15.9. The quantitative estimate of drug-likeness (QED) is 0.525. The topological polar surface area (TPSA) is 69.7 Å². The Labute approximate surface area is 172 Å². The molecular weight excluding hydrogens is 424 g/mol. The van der Waals surface area contributed by atoms with Crippen molar-refractivity contribution in [3.8, 4) is 0 Å². The van der Waals surface area contributed by atoms with Gasteiger partial charge in [0, 0.05) is 10.9 Å². The lowest BCUT2D eigenvalue weighted by Gasteiger charge is -2.44. The number of halogens is 1. The van der Waals surface area contributed by atoms with Crippen molar-refractivity contribution in [2.24, 2.45) is 10.8 Å². The van der Waals surface area contributed by atoms with Gasteiger partial charge in [-0.2, -0.15) is 0 Å². The van der Waals surface area contributed by atoms with Crippen LogP contribution in [0.4, 0.5) is 0 Å². The van der Waals surface area contributed by atoms with Gasteiger partial charge >= 0.3 is 11.9 Å². The van der Waals surface area contributed by atoms with Gasteiger partial charge in [-0.3, -0.25) is 14.4 Å². The van der Waals surface area contributed by atoms with E-state index in [2.05, 4.69) is 15.9 Å². The lowest BCUT2D eigenvalue weighted by atomic mass is 9.63. The monoisotopic (exact) mass is 444 g/mol. The van der Waals surface area contributed by atoms with Crippen molar-refractivity contribution in [3.63, 3.8) is 0 Å². The molecule has 1 fully saturated rings. The summed E-state index contributed by atoms with van der Waals surface area (Å²) in [6.45, 7) is 3.38. The number of carbonyl (C=O) groups is 3. The van der Waals surface area contributed by atoms with Gasteiger partial charge in [0.05, 0.1) is 12.5 Å². The molecule has 2 aromatic rings. The maximum Gasteiger partial charge on any atom is 0.332 e. The maximum absolute atomic E-state index is 13.6. The van der Waals surface area contributed by atoms with E-state index in [-0.39, 0.29) is 6.42 Å². The van der Waals surface area contributed by atoms with Crippen molar-refractivity contribution in [1.29, 1.82) is 0 Å². The molecule has 1 aliphatic heterocycles. The summed E-state index contributed by atoms with van der Waals surface area (Å²) in [7, 11) is 1.17. The standard InChI is InChI=1S/C22H21BrO5/c1-21(2)17(15-9-11-16(23)12-10-15)28-20(26)22(18(21)24,19(25)27-3)13-14-7-5-4-6-8-14/h4-12,17H,13H2,1-3H3/t17-,22+/m1/s1. The van der Waals surface area contributed by atoms with Crippen LogP contribution in [-0.2, 0) is 30.3 Å². The molecule has 0 saturated carbocycles. The molecule has 1 aliphatic rings. The van der Waals surface area contributed by atoms with Crippen LogP contribution in [-0.4, -0.2) is 24.8 Å². The van der Waals surface area contributed by atoms with Crippen molar-refractivity contribution < 1.29 is 23.9 Å². The number of cyclic esters (lactones) is 1. The maximum atomic E-state index is 13.6. The Hall–Kier alpha value is -2.47. The molecule has 0 N–H and O–H groups in total. The van der Waals surface area contributed by atoms with Gasteiger partial charge in [-0.1, -0.05) is 58.4 Å². The van der Waals surface area contributed by atoms with Gasteiger partial charge in [-0.25, -0.2) is 0 Å². The van der Waals surface area contributed by atoms with Gasteiger partial charge in [0.15, 0.2) is 5.78 Å². The molecule has 0 bridgehead atoms. The molecule has 0 radical (unpaired) electrons. The molecule has 0 aliphatic carbocycles. The minimum absolute atomic E-state index is 0.103. The van der Waals surface area contributed by atoms with Gasteiger partial charge in [-0.05, 0) is 37.1 Å². The number of benzene rings is 2. The van der Waals surface area contributed by atoms with Crippen LogP contribution in [0.1, 0.15) is 31.1 Å². The van der Waals surface area contributed by atoms with Gasteiger partial charge in [-0.15, -0.1) is 0 Å². The number of esters is 2. The molecular formula is C22H21BrO5. The van der Waals surface area contributed by atoms with E-state index < -0.39 is 34.7 Å². The van der Waals surface area contributed by atoms with Crippen molar-refractivity contribution >= 4 is 33.7 Å². The smallest absolute Gasteiger partial charge is 0.332 e. The zero-order chi connectivity index (χ0) is 20.5. The Balaban J connectivity index is 2.08. The normalized spacial score (nSPS) is 23.8. The van der Waals surface area contributed by atoms with E-state index >= 15 is 0 Å². The highest BCUT2D eigenvalue weighted by Crippen LogP contribution is 2.49. The lowest BCUT2D eigenvalue weighted by molar-refractivity contribution is -0.196. The second-order valence-corrected chi connectivity index (χ2v) is 8.36. The molecule has 2 atom stereocenters. The van der Waals surface area contributed by atoms with Gasteiger partial charge in [0.2, 0.25) is 5.41 Å². The number of rotatable bonds is 4. The van der Waals surface area contributed by atoms with Crippen LogP contribution in [0.5, 0.6) is 0 Å². The summed E-state index contributed by atoms with van der Waals surface area (Å²) >= 11 is 3.37. The van der Waals surface area contributed by atoms with Crippen molar-refractivity contribution in [3.05, 3.63) is 70.2 Å². The summed E-state index contributed by atoms with van der Waals surface area (Å²) in [6, 6.07) is 16.1. The third-order valence-electron chi connectivity index (χ3n) is 5.22. The summed E-state index contributed by atoms with van der Waals surface area (Å²) in [5, 5.41) is 0. The van der Waals surface area contributed by atoms with Crippen LogP contribution in [0.2, 0.25) is 0 Å². The van der Waals surface area contributed by atoms with E-state index in [0.29, 0.717) is 11.1 Å². The average Bonchev–Trinajstić information content (AvgIpc) is 2.69. The first-order chi connectivity index (χ1) is 13.2. The number of hydrogen-bond donors (Lipinski definition) is 0. The third-order valence-corrected chi connectivity index (χ3v) is 5.75. The summed E-state index contributed by atoms with van der Waals surface area (Å²) in [6.07, 6.45) is -0.900. The Morgan fingerprint density at radius 2 is 1.68 bits per heavy atom. The van der Waals surface area contributed by atoms with Gasteiger partial charge in [0.25, 0.3) is 0 Å². The molecule has 1 heterocycles. The summed E-state index contributed by atoms with van der Waals surface area (Å²) in [5.74, 6) is -2.27. The van der Waals surface area contributed by atoms with Crippen molar-refractivity contribution in [2.45, 2.75) is 26.4 Å². The molecule has 3 rings (SSSR count). The number of carbonyl (C=O) groups excluding carboxylic acids is 3. The first-order valence-corrected chi connectivity index (χ1v) is 9.66. The SMILES string of the molecule is COC(=O)[C@@]1(Cc2ccccc2)C(=O)O[C@H](c2ccc(Br)cc2)C(C)(C)C1=O. The van der Waals surface area contributed by atoms with E-state index in [1.165, 1.54) is 7.11 Å². The lowest BCUT2D eigenvalue weighted by Crippen LogP contribution is -2.60. The Morgan fingerprint density at radius 1 is 1.07 bits per heavy atom. The molecule has 5 nitrogen and oxygen atoms in total. The number of Topliss-reactive ketones (excluding diaryl/α,β-unsaturated/α-hetero) is 1. The number of methoxy groups -OCH3 is 1. The van der Waals surface area contributed by atoms with Crippen LogP contribution in [0, 0.1) is 10.8 Å². The van der Waals surface area contributed by atoms with Crippen LogP contribution in [0.3, 0.4) is 0 Å².